The Morgan fingerprint density at radius 1 is 1.44 bits per heavy atom. The van der Waals surface area contributed by atoms with Crippen molar-refractivity contribution >= 4 is 0 Å². The fraction of sp³-hybridized carbons (Fsp3) is 1.00. The quantitative estimate of drug-likeness (QED) is 0.391. The van der Waals surface area contributed by atoms with E-state index in [1.165, 1.54) is 0 Å². The van der Waals surface area contributed by atoms with Crippen molar-refractivity contribution in [1.82, 2.24) is 0 Å². The molecular formula is C6H13NO2. The van der Waals surface area contributed by atoms with Gasteiger partial charge in [0.2, 0.25) is 0 Å². The summed E-state index contributed by atoms with van der Waals surface area (Å²) in [5, 5.41) is 18.0. The smallest absolute Gasteiger partial charge is 0.163 e. The zero-order valence-electron chi connectivity index (χ0n) is 5.38. The van der Waals surface area contributed by atoms with Crippen molar-refractivity contribution < 1.29 is 10.2 Å². The molecule has 1 atom stereocenters. The highest BCUT2D eigenvalue weighted by Crippen LogP contribution is 2.24. The molecule has 3 heteroatoms. The molecule has 0 aliphatic heterocycles. The van der Waals surface area contributed by atoms with Crippen LogP contribution in [0.4, 0.5) is 0 Å². The Bertz CT molecular complexity index is 103. The van der Waals surface area contributed by atoms with E-state index in [0.29, 0.717) is 12.8 Å². The van der Waals surface area contributed by atoms with Crippen LogP contribution in [0.3, 0.4) is 0 Å². The summed E-state index contributed by atoms with van der Waals surface area (Å²) < 4.78 is 0. The van der Waals surface area contributed by atoms with Gasteiger partial charge in [0.25, 0.3) is 0 Å². The van der Waals surface area contributed by atoms with Crippen molar-refractivity contribution in [2.24, 2.45) is 5.73 Å². The van der Waals surface area contributed by atoms with Gasteiger partial charge in [-0.25, -0.2) is 0 Å². The maximum atomic E-state index is 9.02. The van der Waals surface area contributed by atoms with E-state index in [2.05, 4.69) is 0 Å². The molecule has 1 rings (SSSR count). The van der Waals surface area contributed by atoms with Gasteiger partial charge < -0.3 is 15.9 Å². The lowest BCUT2D eigenvalue weighted by Crippen LogP contribution is -2.40. The summed E-state index contributed by atoms with van der Waals surface area (Å²) in [6, 6.07) is -0.0197. The van der Waals surface area contributed by atoms with Crippen molar-refractivity contribution in [2.75, 3.05) is 0 Å². The van der Waals surface area contributed by atoms with Crippen molar-refractivity contribution in [3.8, 4) is 0 Å². The minimum absolute atomic E-state index is 0.0197. The highest BCUT2D eigenvalue weighted by molar-refractivity contribution is 4.78. The number of hydrogen-bond donors (Lipinski definition) is 3. The monoisotopic (exact) mass is 131 g/mol. The van der Waals surface area contributed by atoms with E-state index in [0.717, 1.165) is 12.8 Å². The Morgan fingerprint density at radius 3 is 2.44 bits per heavy atom. The molecule has 0 saturated heterocycles. The molecule has 1 aliphatic carbocycles. The molecule has 54 valence electrons. The zero-order valence-corrected chi connectivity index (χ0v) is 5.38. The summed E-state index contributed by atoms with van der Waals surface area (Å²) in [6.45, 7) is 0. The maximum absolute atomic E-state index is 9.02. The predicted molar refractivity (Wildman–Crippen MR) is 33.6 cm³/mol. The van der Waals surface area contributed by atoms with E-state index in [1.807, 2.05) is 0 Å². The minimum Gasteiger partial charge on any atom is -0.366 e. The van der Waals surface area contributed by atoms with Crippen LogP contribution in [0.25, 0.3) is 0 Å². The summed E-state index contributed by atoms with van der Waals surface area (Å²) in [4.78, 5) is 0. The number of nitrogens with two attached hydrogens (primary N) is 1. The lowest BCUT2D eigenvalue weighted by atomic mass is 9.91. The van der Waals surface area contributed by atoms with Gasteiger partial charge in [0.1, 0.15) is 0 Å². The second-order valence-electron chi connectivity index (χ2n) is 2.84. The molecule has 0 unspecified atom stereocenters. The second-order valence-corrected chi connectivity index (χ2v) is 2.84. The average molecular weight is 131 g/mol. The molecule has 9 heavy (non-hydrogen) atoms. The summed E-state index contributed by atoms with van der Waals surface area (Å²) >= 11 is 0. The van der Waals surface area contributed by atoms with Gasteiger partial charge in [-0.2, -0.15) is 0 Å². The lowest BCUT2D eigenvalue weighted by molar-refractivity contribution is -0.183. The number of aliphatic hydroxyl groups is 2. The molecule has 4 N–H and O–H groups in total. The van der Waals surface area contributed by atoms with Gasteiger partial charge >= 0.3 is 0 Å². The molecule has 0 heterocycles. The van der Waals surface area contributed by atoms with E-state index in [9.17, 15) is 0 Å². The van der Waals surface area contributed by atoms with Crippen LogP contribution in [0.1, 0.15) is 25.7 Å². The summed E-state index contributed by atoms with van der Waals surface area (Å²) in [7, 11) is 0. The SMILES string of the molecule is N[C@H]1CCCC(O)(O)C1. The fourth-order valence-electron chi connectivity index (χ4n) is 1.27. The molecule has 0 aromatic carbocycles. The highest BCUT2D eigenvalue weighted by Gasteiger charge is 2.29. The predicted octanol–water partition coefficient (Wildman–Crippen LogP) is -0.431. The van der Waals surface area contributed by atoms with Crippen LogP contribution >= 0.6 is 0 Å². The Hall–Kier alpha value is -0.120. The fourth-order valence-corrected chi connectivity index (χ4v) is 1.27. The van der Waals surface area contributed by atoms with Gasteiger partial charge in [0.05, 0.1) is 0 Å². The molecule has 0 aromatic rings. The van der Waals surface area contributed by atoms with Gasteiger partial charge in [-0.15, -0.1) is 0 Å². The zero-order chi connectivity index (χ0) is 6.91. The second kappa shape index (κ2) is 2.25. The standard InChI is InChI=1S/C6H13NO2/c7-5-2-1-3-6(8,9)4-5/h5,8-9H,1-4,7H2/t5-/m0/s1. The Labute approximate surface area is 54.5 Å². The van der Waals surface area contributed by atoms with Crippen molar-refractivity contribution in [3.05, 3.63) is 0 Å². The number of rotatable bonds is 0. The van der Waals surface area contributed by atoms with Gasteiger partial charge in [-0.1, -0.05) is 0 Å². The van der Waals surface area contributed by atoms with Crippen LogP contribution < -0.4 is 5.73 Å². The van der Waals surface area contributed by atoms with Gasteiger partial charge in [0, 0.05) is 18.9 Å². The van der Waals surface area contributed by atoms with Crippen molar-refractivity contribution in [1.29, 1.82) is 0 Å². The Balaban J connectivity index is 2.41. The normalized spacial score (nSPS) is 34.3. The van der Waals surface area contributed by atoms with Crippen LogP contribution in [0.2, 0.25) is 0 Å². The van der Waals surface area contributed by atoms with Crippen LogP contribution in [-0.2, 0) is 0 Å². The molecule has 1 aliphatic rings. The lowest BCUT2D eigenvalue weighted by Gasteiger charge is -2.30. The van der Waals surface area contributed by atoms with Gasteiger partial charge in [0.15, 0.2) is 5.79 Å². The topological polar surface area (TPSA) is 66.5 Å². The molecule has 0 amide bonds. The van der Waals surface area contributed by atoms with E-state index in [-0.39, 0.29) is 6.04 Å². The van der Waals surface area contributed by atoms with Crippen molar-refractivity contribution in [3.63, 3.8) is 0 Å². The first-order valence-corrected chi connectivity index (χ1v) is 3.30. The molecule has 0 bridgehead atoms. The molecule has 0 spiro atoms. The third-order valence-corrected chi connectivity index (χ3v) is 1.74. The molecule has 0 radical (unpaired) electrons. The summed E-state index contributed by atoms with van der Waals surface area (Å²) in [6.07, 6.45) is 2.55. The van der Waals surface area contributed by atoms with E-state index in [4.69, 9.17) is 15.9 Å². The minimum atomic E-state index is -1.47. The third-order valence-electron chi connectivity index (χ3n) is 1.74. The maximum Gasteiger partial charge on any atom is 0.163 e. The number of hydrogen-bond acceptors (Lipinski definition) is 3. The molecular weight excluding hydrogens is 118 g/mol. The van der Waals surface area contributed by atoms with Gasteiger partial charge in [-0.05, 0) is 12.8 Å². The third kappa shape index (κ3) is 1.93. The van der Waals surface area contributed by atoms with Crippen LogP contribution in [0.5, 0.6) is 0 Å². The highest BCUT2D eigenvalue weighted by atomic mass is 16.5. The Kier molecular flexibility index (Phi) is 1.75. The molecule has 0 aromatic heterocycles. The first kappa shape index (κ1) is 6.99. The summed E-state index contributed by atoms with van der Waals surface area (Å²) in [5.74, 6) is -1.47. The van der Waals surface area contributed by atoms with Gasteiger partial charge in [-0.3, -0.25) is 0 Å². The molecule has 3 nitrogen and oxygen atoms in total. The van der Waals surface area contributed by atoms with Crippen LogP contribution in [-0.4, -0.2) is 22.0 Å². The van der Waals surface area contributed by atoms with E-state index >= 15 is 0 Å². The first-order chi connectivity index (χ1) is 4.10. The summed E-state index contributed by atoms with van der Waals surface area (Å²) in [5.41, 5.74) is 5.49. The largest absolute Gasteiger partial charge is 0.366 e. The van der Waals surface area contributed by atoms with Crippen molar-refractivity contribution in [2.45, 2.75) is 37.5 Å². The van der Waals surface area contributed by atoms with E-state index < -0.39 is 5.79 Å². The van der Waals surface area contributed by atoms with Crippen LogP contribution in [0, 0.1) is 0 Å². The first-order valence-electron chi connectivity index (χ1n) is 3.30. The molecule has 1 fully saturated rings. The van der Waals surface area contributed by atoms with E-state index in [1.54, 1.807) is 0 Å². The van der Waals surface area contributed by atoms with Crippen LogP contribution in [0.15, 0.2) is 0 Å². The Morgan fingerprint density at radius 2 is 2.11 bits per heavy atom. The molecule has 1 saturated carbocycles. The average Bonchev–Trinajstić information content (AvgIpc) is 1.60.